The maximum absolute atomic E-state index is 12.0. The summed E-state index contributed by atoms with van der Waals surface area (Å²) in [7, 11) is 4.02. The minimum absolute atomic E-state index is 0.162. The Bertz CT molecular complexity index is 949. The second-order valence-electron chi connectivity index (χ2n) is 6.25. The zero-order chi connectivity index (χ0) is 19.9. The lowest BCUT2D eigenvalue weighted by Gasteiger charge is -2.13. The molecule has 0 saturated carbocycles. The van der Waals surface area contributed by atoms with E-state index in [4.69, 9.17) is 11.6 Å². The van der Waals surface area contributed by atoms with Gasteiger partial charge in [0.25, 0.3) is 0 Å². The van der Waals surface area contributed by atoms with E-state index >= 15 is 0 Å². The molecule has 0 unspecified atom stereocenters. The van der Waals surface area contributed by atoms with Crippen LogP contribution in [0.15, 0.2) is 76.9 Å². The molecule has 0 fully saturated rings. The van der Waals surface area contributed by atoms with Gasteiger partial charge in [0, 0.05) is 41.6 Å². The highest BCUT2D eigenvalue weighted by Crippen LogP contribution is 2.20. The molecule has 28 heavy (non-hydrogen) atoms. The SMILES string of the molecule is CN(C)c1ccc(-n2cccc2/C=N\NC(=O)CSc2ccc(Cl)cc2)cc1. The zero-order valence-electron chi connectivity index (χ0n) is 15.7. The normalized spacial score (nSPS) is 11.0. The number of aromatic nitrogens is 1. The van der Waals surface area contributed by atoms with Gasteiger partial charge < -0.3 is 9.47 Å². The Kier molecular flexibility index (Phi) is 6.79. The van der Waals surface area contributed by atoms with Crippen molar-refractivity contribution < 1.29 is 4.79 Å². The van der Waals surface area contributed by atoms with E-state index in [1.165, 1.54) is 11.8 Å². The van der Waals surface area contributed by atoms with Gasteiger partial charge in [0.15, 0.2) is 0 Å². The molecule has 1 amide bonds. The molecule has 1 aromatic heterocycles. The van der Waals surface area contributed by atoms with Crippen molar-refractivity contribution in [3.8, 4) is 5.69 Å². The Balaban J connectivity index is 1.57. The van der Waals surface area contributed by atoms with Crippen molar-refractivity contribution in [2.24, 2.45) is 5.10 Å². The summed E-state index contributed by atoms with van der Waals surface area (Å²) in [6.07, 6.45) is 3.61. The van der Waals surface area contributed by atoms with E-state index in [0.717, 1.165) is 22.0 Å². The van der Waals surface area contributed by atoms with Crippen LogP contribution in [0.3, 0.4) is 0 Å². The van der Waals surface area contributed by atoms with Crippen molar-refractivity contribution in [2.75, 3.05) is 24.7 Å². The van der Waals surface area contributed by atoms with E-state index in [1.54, 1.807) is 18.3 Å². The third kappa shape index (κ3) is 5.41. The summed E-state index contributed by atoms with van der Waals surface area (Å²) in [6, 6.07) is 19.5. The van der Waals surface area contributed by atoms with Gasteiger partial charge in [-0.15, -0.1) is 11.8 Å². The molecule has 5 nitrogen and oxygen atoms in total. The Hall–Kier alpha value is -2.70. The summed E-state index contributed by atoms with van der Waals surface area (Å²) in [6.45, 7) is 0. The monoisotopic (exact) mass is 412 g/mol. The summed E-state index contributed by atoms with van der Waals surface area (Å²) in [4.78, 5) is 15.0. The van der Waals surface area contributed by atoms with Crippen LogP contribution < -0.4 is 10.3 Å². The second-order valence-corrected chi connectivity index (χ2v) is 7.73. The summed E-state index contributed by atoms with van der Waals surface area (Å²) >= 11 is 7.29. The first-order chi connectivity index (χ1) is 13.5. The lowest BCUT2D eigenvalue weighted by Crippen LogP contribution is -2.19. The van der Waals surface area contributed by atoms with E-state index < -0.39 is 0 Å². The van der Waals surface area contributed by atoms with Gasteiger partial charge in [-0.25, -0.2) is 5.43 Å². The van der Waals surface area contributed by atoms with Crippen LogP contribution in [0, 0.1) is 0 Å². The standard InChI is InChI=1S/C21H21ClN4OS/c1-25(2)17-7-9-18(10-8-17)26-13-3-4-19(26)14-23-24-21(27)15-28-20-11-5-16(22)6-12-20/h3-14H,15H2,1-2H3,(H,24,27)/b23-14-. The van der Waals surface area contributed by atoms with Gasteiger partial charge in [-0.2, -0.15) is 5.10 Å². The molecule has 2 aromatic carbocycles. The van der Waals surface area contributed by atoms with Crippen LogP contribution in [0.1, 0.15) is 5.69 Å². The lowest BCUT2D eigenvalue weighted by molar-refractivity contribution is -0.118. The van der Waals surface area contributed by atoms with Crippen LogP contribution in [0.5, 0.6) is 0 Å². The van der Waals surface area contributed by atoms with Gasteiger partial charge in [-0.1, -0.05) is 11.6 Å². The molecule has 0 atom stereocenters. The number of hydrogen-bond acceptors (Lipinski definition) is 4. The average Bonchev–Trinajstić information content (AvgIpc) is 3.16. The molecule has 7 heteroatoms. The van der Waals surface area contributed by atoms with Crippen molar-refractivity contribution in [3.63, 3.8) is 0 Å². The van der Waals surface area contributed by atoms with Gasteiger partial charge in [-0.3, -0.25) is 4.79 Å². The minimum atomic E-state index is -0.162. The predicted molar refractivity (Wildman–Crippen MR) is 118 cm³/mol. The van der Waals surface area contributed by atoms with Crippen molar-refractivity contribution in [1.29, 1.82) is 0 Å². The summed E-state index contributed by atoms with van der Waals surface area (Å²) in [5.41, 5.74) is 5.61. The van der Waals surface area contributed by atoms with Crippen LogP contribution in [0.4, 0.5) is 5.69 Å². The molecular formula is C21H21ClN4OS. The highest BCUT2D eigenvalue weighted by Gasteiger charge is 2.04. The quantitative estimate of drug-likeness (QED) is 0.354. The molecular weight excluding hydrogens is 392 g/mol. The molecule has 3 aromatic rings. The summed E-state index contributed by atoms with van der Waals surface area (Å²) in [5, 5.41) is 4.76. The molecule has 1 N–H and O–H groups in total. The number of hydrogen-bond donors (Lipinski definition) is 1. The van der Waals surface area contributed by atoms with E-state index in [-0.39, 0.29) is 11.7 Å². The van der Waals surface area contributed by atoms with Crippen LogP contribution in [-0.2, 0) is 4.79 Å². The smallest absolute Gasteiger partial charge is 0.250 e. The Morgan fingerprint density at radius 2 is 1.86 bits per heavy atom. The number of amides is 1. The molecule has 0 bridgehead atoms. The third-order valence-electron chi connectivity index (χ3n) is 3.99. The fourth-order valence-corrected chi connectivity index (χ4v) is 3.35. The number of nitrogens with zero attached hydrogens (tertiary/aromatic N) is 3. The van der Waals surface area contributed by atoms with E-state index in [2.05, 4.69) is 27.6 Å². The van der Waals surface area contributed by atoms with Crippen molar-refractivity contribution in [2.45, 2.75) is 4.90 Å². The summed E-state index contributed by atoms with van der Waals surface area (Å²) < 4.78 is 2.01. The van der Waals surface area contributed by atoms with Crippen molar-refractivity contribution in [3.05, 3.63) is 77.6 Å². The summed E-state index contributed by atoms with van der Waals surface area (Å²) in [5.74, 6) is 0.121. The molecule has 0 radical (unpaired) electrons. The van der Waals surface area contributed by atoms with Gasteiger partial charge >= 0.3 is 0 Å². The number of carbonyl (C=O) groups excluding carboxylic acids is 1. The largest absolute Gasteiger partial charge is 0.378 e. The zero-order valence-corrected chi connectivity index (χ0v) is 17.2. The fourth-order valence-electron chi connectivity index (χ4n) is 2.53. The van der Waals surface area contributed by atoms with Crippen molar-refractivity contribution in [1.82, 2.24) is 9.99 Å². The molecule has 0 aliphatic carbocycles. The number of hydrazone groups is 1. The number of carbonyl (C=O) groups is 1. The van der Waals surface area contributed by atoms with Gasteiger partial charge in [-0.05, 0) is 60.7 Å². The fraction of sp³-hybridized carbons (Fsp3) is 0.143. The molecule has 0 spiro atoms. The first kappa shape index (κ1) is 20.0. The molecule has 0 aliphatic rings. The molecule has 3 rings (SSSR count). The van der Waals surface area contributed by atoms with Gasteiger partial charge in [0.05, 0.1) is 17.7 Å². The van der Waals surface area contributed by atoms with Gasteiger partial charge in [0.2, 0.25) is 5.91 Å². The third-order valence-corrected chi connectivity index (χ3v) is 5.26. The van der Waals surface area contributed by atoms with Crippen LogP contribution in [-0.4, -0.2) is 36.5 Å². The van der Waals surface area contributed by atoms with Crippen LogP contribution in [0.25, 0.3) is 5.69 Å². The first-order valence-corrected chi connectivity index (χ1v) is 10.0. The number of nitrogens with one attached hydrogen (secondary N) is 1. The first-order valence-electron chi connectivity index (χ1n) is 8.68. The Morgan fingerprint density at radius 3 is 2.54 bits per heavy atom. The van der Waals surface area contributed by atoms with Crippen LogP contribution in [0.2, 0.25) is 5.02 Å². The second kappa shape index (κ2) is 9.48. The van der Waals surface area contributed by atoms with E-state index in [1.807, 2.05) is 61.3 Å². The number of halogens is 1. The number of anilines is 1. The maximum atomic E-state index is 12.0. The predicted octanol–water partition coefficient (Wildman–Crippen LogP) is 4.44. The Labute approximate surface area is 174 Å². The van der Waals surface area contributed by atoms with Crippen LogP contribution >= 0.6 is 23.4 Å². The minimum Gasteiger partial charge on any atom is -0.378 e. The number of thioether (sulfide) groups is 1. The topological polar surface area (TPSA) is 49.6 Å². The average molecular weight is 413 g/mol. The number of rotatable bonds is 7. The molecule has 1 heterocycles. The van der Waals surface area contributed by atoms with E-state index in [9.17, 15) is 4.79 Å². The van der Waals surface area contributed by atoms with E-state index in [0.29, 0.717) is 5.02 Å². The molecule has 0 saturated heterocycles. The highest BCUT2D eigenvalue weighted by atomic mass is 35.5. The lowest BCUT2D eigenvalue weighted by atomic mass is 10.2. The molecule has 0 aliphatic heterocycles. The Morgan fingerprint density at radius 1 is 1.14 bits per heavy atom. The number of benzene rings is 2. The van der Waals surface area contributed by atoms with Crippen molar-refractivity contribution >= 4 is 41.2 Å². The van der Waals surface area contributed by atoms with Gasteiger partial charge in [0.1, 0.15) is 0 Å². The maximum Gasteiger partial charge on any atom is 0.250 e. The molecule has 144 valence electrons. The highest BCUT2D eigenvalue weighted by molar-refractivity contribution is 8.00.